The van der Waals surface area contributed by atoms with Crippen LogP contribution < -0.4 is 24.0 Å². The monoisotopic (exact) mass is 493 g/mol. The summed E-state index contributed by atoms with van der Waals surface area (Å²) >= 11 is 0. The molecule has 1 aliphatic rings. The molecule has 27 heavy (non-hydrogen) atoms. The van der Waals surface area contributed by atoms with Crippen LogP contribution in [0.1, 0.15) is 135 Å². The standard InChI is InChI=1S/C25H52N.HI/c1-3-4-5-6-7-8-9-10-11-12-13-14-15-16-17-18-20-23-26(2)24-21-19-22-25-26;/h3-25H2,1-2H3;1H/q+1;/p-1. The number of hydrogen-bond donors (Lipinski definition) is 0. The number of piperidine rings is 1. The second kappa shape index (κ2) is 20.0. The third kappa shape index (κ3) is 17.3. The van der Waals surface area contributed by atoms with E-state index in [-0.39, 0.29) is 24.0 Å². The number of hydrogen-bond acceptors (Lipinski definition) is 0. The van der Waals surface area contributed by atoms with E-state index in [1.165, 1.54) is 153 Å². The quantitative estimate of drug-likeness (QED) is 0.139. The van der Waals surface area contributed by atoms with Crippen LogP contribution in [0.4, 0.5) is 0 Å². The van der Waals surface area contributed by atoms with Gasteiger partial charge < -0.3 is 28.5 Å². The van der Waals surface area contributed by atoms with Gasteiger partial charge in [-0.1, -0.05) is 103 Å². The normalized spacial score (nSPS) is 16.2. The summed E-state index contributed by atoms with van der Waals surface area (Å²) in [5.41, 5.74) is 0. The second-order valence-corrected chi connectivity index (χ2v) is 9.51. The SMILES string of the molecule is CCCCCCCCCCCCCCCCCCC[N+]1(C)CCCCC1.[I-]. The summed E-state index contributed by atoms with van der Waals surface area (Å²) < 4.78 is 1.37. The van der Waals surface area contributed by atoms with Crippen molar-refractivity contribution in [2.75, 3.05) is 26.7 Å². The third-order valence-electron chi connectivity index (χ3n) is 6.70. The molecule has 0 unspecified atom stereocenters. The van der Waals surface area contributed by atoms with E-state index in [2.05, 4.69) is 14.0 Å². The fourth-order valence-corrected chi connectivity index (χ4v) is 4.72. The van der Waals surface area contributed by atoms with Crippen molar-refractivity contribution in [1.29, 1.82) is 0 Å². The minimum Gasteiger partial charge on any atom is -1.00 e. The highest BCUT2D eigenvalue weighted by Gasteiger charge is 2.23. The number of halogens is 1. The van der Waals surface area contributed by atoms with Crippen LogP contribution in [-0.4, -0.2) is 31.2 Å². The van der Waals surface area contributed by atoms with Gasteiger partial charge >= 0.3 is 0 Å². The van der Waals surface area contributed by atoms with Crippen molar-refractivity contribution in [1.82, 2.24) is 0 Å². The number of likely N-dealkylation sites (tertiary alicyclic amines) is 1. The van der Waals surface area contributed by atoms with Gasteiger partial charge in [-0.15, -0.1) is 0 Å². The minimum atomic E-state index is 0. The van der Waals surface area contributed by atoms with Crippen LogP contribution in [-0.2, 0) is 0 Å². The molecule has 0 saturated carbocycles. The van der Waals surface area contributed by atoms with Crippen molar-refractivity contribution < 1.29 is 28.5 Å². The van der Waals surface area contributed by atoms with Crippen LogP contribution in [0.5, 0.6) is 0 Å². The molecule has 0 aromatic rings. The van der Waals surface area contributed by atoms with E-state index < -0.39 is 0 Å². The highest BCUT2D eigenvalue weighted by atomic mass is 127. The highest BCUT2D eigenvalue weighted by Crippen LogP contribution is 2.18. The molecule has 2 heteroatoms. The first-order chi connectivity index (χ1) is 12.8. The molecule has 0 aliphatic carbocycles. The first-order valence-electron chi connectivity index (χ1n) is 12.6. The lowest BCUT2D eigenvalue weighted by Gasteiger charge is -2.37. The molecule has 0 aromatic heterocycles. The Labute approximate surface area is 190 Å². The number of quaternary nitrogens is 1. The van der Waals surface area contributed by atoms with Crippen LogP contribution in [0.25, 0.3) is 0 Å². The largest absolute Gasteiger partial charge is 1.00 e. The molecule has 1 nitrogen and oxygen atoms in total. The molecule has 1 rings (SSSR count). The smallest absolute Gasteiger partial charge is 0.0784 e. The van der Waals surface area contributed by atoms with Gasteiger partial charge in [-0.2, -0.15) is 0 Å². The Balaban J connectivity index is 0.00000676. The van der Waals surface area contributed by atoms with Gasteiger partial charge in [-0.05, 0) is 32.1 Å². The molecule has 1 saturated heterocycles. The van der Waals surface area contributed by atoms with E-state index in [9.17, 15) is 0 Å². The van der Waals surface area contributed by atoms with Gasteiger partial charge in [0.1, 0.15) is 0 Å². The van der Waals surface area contributed by atoms with Crippen molar-refractivity contribution in [3.8, 4) is 0 Å². The van der Waals surface area contributed by atoms with E-state index in [1.807, 2.05) is 0 Å². The Morgan fingerprint density at radius 1 is 0.481 bits per heavy atom. The summed E-state index contributed by atoms with van der Waals surface area (Å²) in [5.74, 6) is 0. The molecule has 0 spiro atoms. The van der Waals surface area contributed by atoms with Gasteiger partial charge in [0, 0.05) is 0 Å². The first kappa shape index (κ1) is 27.7. The van der Waals surface area contributed by atoms with Gasteiger partial charge in [0.25, 0.3) is 0 Å². The van der Waals surface area contributed by atoms with E-state index in [1.54, 1.807) is 0 Å². The maximum absolute atomic E-state index is 2.49. The average molecular weight is 494 g/mol. The van der Waals surface area contributed by atoms with Crippen molar-refractivity contribution in [2.24, 2.45) is 0 Å². The molecule has 1 fully saturated rings. The lowest BCUT2D eigenvalue weighted by atomic mass is 10.0. The fourth-order valence-electron chi connectivity index (χ4n) is 4.72. The lowest BCUT2D eigenvalue weighted by Crippen LogP contribution is -3.00. The average Bonchev–Trinajstić information content (AvgIpc) is 2.65. The molecule has 1 heterocycles. The van der Waals surface area contributed by atoms with E-state index in [0.717, 1.165) is 0 Å². The zero-order chi connectivity index (χ0) is 18.8. The van der Waals surface area contributed by atoms with Crippen molar-refractivity contribution in [3.63, 3.8) is 0 Å². The summed E-state index contributed by atoms with van der Waals surface area (Å²) in [5, 5.41) is 0. The van der Waals surface area contributed by atoms with E-state index >= 15 is 0 Å². The zero-order valence-corrected chi connectivity index (χ0v) is 21.2. The Bertz CT molecular complexity index is 286. The van der Waals surface area contributed by atoms with Crippen LogP contribution in [0, 0.1) is 0 Å². The molecular formula is C25H52IN. The maximum Gasteiger partial charge on any atom is 0.0784 e. The Kier molecular flexibility index (Phi) is 20.5. The molecule has 164 valence electrons. The van der Waals surface area contributed by atoms with Crippen molar-refractivity contribution >= 4 is 0 Å². The summed E-state index contributed by atoms with van der Waals surface area (Å²) in [4.78, 5) is 0. The predicted molar refractivity (Wildman–Crippen MR) is 119 cm³/mol. The Hall–Kier alpha value is 0.690. The number of unbranched alkanes of at least 4 members (excludes halogenated alkanes) is 16. The van der Waals surface area contributed by atoms with Gasteiger partial charge in [-0.3, -0.25) is 0 Å². The molecule has 1 aliphatic heterocycles. The summed E-state index contributed by atoms with van der Waals surface area (Å²) in [7, 11) is 2.49. The van der Waals surface area contributed by atoms with Crippen LogP contribution in [0.2, 0.25) is 0 Å². The fraction of sp³-hybridized carbons (Fsp3) is 1.00. The molecule has 0 amide bonds. The summed E-state index contributed by atoms with van der Waals surface area (Å²) in [6.45, 7) is 6.63. The van der Waals surface area contributed by atoms with Gasteiger partial charge in [0.15, 0.2) is 0 Å². The van der Waals surface area contributed by atoms with Crippen LogP contribution in [0.3, 0.4) is 0 Å². The molecule has 0 radical (unpaired) electrons. The maximum atomic E-state index is 2.49. The first-order valence-corrected chi connectivity index (χ1v) is 12.6. The van der Waals surface area contributed by atoms with Crippen molar-refractivity contribution in [2.45, 2.75) is 135 Å². The molecule has 0 bridgehead atoms. The highest BCUT2D eigenvalue weighted by molar-refractivity contribution is 4.53. The van der Waals surface area contributed by atoms with Crippen LogP contribution in [0.15, 0.2) is 0 Å². The molecule has 0 aromatic carbocycles. The van der Waals surface area contributed by atoms with Crippen LogP contribution >= 0.6 is 0 Å². The van der Waals surface area contributed by atoms with E-state index in [0.29, 0.717) is 0 Å². The molecule has 0 atom stereocenters. The Morgan fingerprint density at radius 3 is 1.19 bits per heavy atom. The number of nitrogens with zero attached hydrogens (tertiary/aromatic N) is 1. The van der Waals surface area contributed by atoms with Crippen molar-refractivity contribution in [3.05, 3.63) is 0 Å². The summed E-state index contributed by atoms with van der Waals surface area (Å²) in [6, 6.07) is 0. The number of rotatable bonds is 18. The van der Waals surface area contributed by atoms with E-state index in [4.69, 9.17) is 0 Å². The predicted octanol–water partition coefficient (Wildman–Crippen LogP) is 5.27. The summed E-state index contributed by atoms with van der Waals surface area (Å²) in [6.07, 6.45) is 29.5. The topological polar surface area (TPSA) is 0 Å². The second-order valence-electron chi connectivity index (χ2n) is 9.51. The minimum absolute atomic E-state index is 0. The zero-order valence-electron chi connectivity index (χ0n) is 19.1. The van der Waals surface area contributed by atoms with Gasteiger partial charge in [0.2, 0.25) is 0 Å². The van der Waals surface area contributed by atoms with Gasteiger partial charge in [-0.25, -0.2) is 0 Å². The molecule has 0 N–H and O–H groups in total. The Morgan fingerprint density at radius 2 is 0.815 bits per heavy atom. The third-order valence-corrected chi connectivity index (χ3v) is 6.70. The van der Waals surface area contributed by atoms with Gasteiger partial charge in [0.05, 0.1) is 26.7 Å². The molecular weight excluding hydrogens is 441 g/mol. The lowest BCUT2D eigenvalue weighted by molar-refractivity contribution is -0.914.